The van der Waals surface area contributed by atoms with Crippen LogP contribution in [0.5, 0.6) is 11.6 Å². The number of pyridine rings is 2. The second-order valence-electron chi connectivity index (χ2n) is 6.94. The molecule has 0 saturated carbocycles. The van der Waals surface area contributed by atoms with Gasteiger partial charge in [-0.3, -0.25) is 4.99 Å². The van der Waals surface area contributed by atoms with Crippen LogP contribution >= 0.6 is 35.6 Å². The normalized spacial score (nSPS) is 10.9. The first-order valence-corrected chi connectivity index (χ1v) is 10.2. The van der Waals surface area contributed by atoms with Crippen LogP contribution in [-0.4, -0.2) is 29.5 Å². The van der Waals surface area contributed by atoms with Gasteiger partial charge < -0.3 is 15.4 Å². The number of rotatable bonds is 7. The van der Waals surface area contributed by atoms with Gasteiger partial charge in [-0.25, -0.2) is 9.97 Å². The molecule has 3 rings (SSSR count). The molecule has 0 spiro atoms. The van der Waals surface area contributed by atoms with Crippen molar-refractivity contribution in [3.05, 3.63) is 82.3 Å². The molecule has 0 aliphatic rings. The highest BCUT2D eigenvalue weighted by Crippen LogP contribution is 2.22. The Hall–Kier alpha value is -2.39. The van der Waals surface area contributed by atoms with Crippen LogP contribution in [0.25, 0.3) is 0 Å². The molecule has 0 saturated heterocycles. The molecule has 0 radical (unpaired) electrons. The topological polar surface area (TPSA) is 71.4 Å². The summed E-state index contributed by atoms with van der Waals surface area (Å²) in [6.45, 7) is 5.49. The van der Waals surface area contributed by atoms with E-state index in [1.54, 1.807) is 25.5 Å². The van der Waals surface area contributed by atoms with E-state index < -0.39 is 0 Å². The number of ether oxygens (including phenoxy) is 1. The summed E-state index contributed by atoms with van der Waals surface area (Å²) >= 11 is 5.82. The molecule has 3 aromatic rings. The van der Waals surface area contributed by atoms with Gasteiger partial charge in [-0.15, -0.1) is 24.0 Å². The lowest BCUT2D eigenvalue weighted by molar-refractivity contribution is 0.461. The highest BCUT2D eigenvalue weighted by atomic mass is 127. The molecule has 6 nitrogen and oxygen atoms in total. The van der Waals surface area contributed by atoms with Gasteiger partial charge in [0.2, 0.25) is 5.88 Å². The first kappa shape index (κ1) is 24.9. The largest absolute Gasteiger partial charge is 0.439 e. The van der Waals surface area contributed by atoms with Crippen LogP contribution < -0.4 is 15.4 Å². The van der Waals surface area contributed by atoms with Crippen molar-refractivity contribution in [3.63, 3.8) is 0 Å². The molecule has 2 N–H and O–H groups in total. The summed E-state index contributed by atoms with van der Waals surface area (Å²) in [6, 6.07) is 13.7. The second kappa shape index (κ2) is 12.5. The maximum absolute atomic E-state index is 5.91. The third kappa shape index (κ3) is 7.99. The molecular weight excluding hydrogens is 525 g/mol. The van der Waals surface area contributed by atoms with E-state index in [0.29, 0.717) is 17.6 Å². The standard InChI is InChI=1S/C23H26ClN5O.HI/c1-16-4-6-20(12-17(16)2)30-22-13-19(9-10-26-22)15-29-23(25-3)27-11-8-18-5-7-21(24)28-14-18;/h4-7,9-10,12-14H,8,11,15H2,1-3H3,(H2,25,27,29);1H. The monoisotopic (exact) mass is 551 g/mol. The quantitative estimate of drug-likeness (QED) is 0.186. The predicted octanol–water partition coefficient (Wildman–Crippen LogP) is 5.06. The third-order valence-electron chi connectivity index (χ3n) is 4.68. The SMILES string of the molecule is CN=C(NCCc1ccc(Cl)nc1)NCc1ccnc(Oc2ccc(C)c(C)c2)c1.I. The maximum atomic E-state index is 5.91. The Labute approximate surface area is 205 Å². The van der Waals surface area contributed by atoms with Crippen molar-refractivity contribution in [1.82, 2.24) is 20.6 Å². The number of hydrogen-bond donors (Lipinski definition) is 2. The van der Waals surface area contributed by atoms with Crippen LogP contribution in [0.15, 0.2) is 59.9 Å². The predicted molar refractivity (Wildman–Crippen MR) is 137 cm³/mol. The van der Waals surface area contributed by atoms with Crippen molar-refractivity contribution in [3.8, 4) is 11.6 Å². The Morgan fingerprint density at radius 2 is 1.84 bits per heavy atom. The average molecular weight is 552 g/mol. The smallest absolute Gasteiger partial charge is 0.219 e. The number of aromatic nitrogens is 2. The van der Waals surface area contributed by atoms with Crippen molar-refractivity contribution in [2.45, 2.75) is 26.8 Å². The van der Waals surface area contributed by atoms with Crippen molar-refractivity contribution < 1.29 is 4.74 Å². The number of aliphatic imine (C=N–C) groups is 1. The lowest BCUT2D eigenvalue weighted by atomic mass is 10.1. The zero-order valence-corrected chi connectivity index (χ0v) is 20.9. The molecule has 2 heterocycles. The minimum atomic E-state index is 0. The van der Waals surface area contributed by atoms with Crippen LogP contribution in [0, 0.1) is 13.8 Å². The third-order valence-corrected chi connectivity index (χ3v) is 4.90. The van der Waals surface area contributed by atoms with Crippen LogP contribution in [0.3, 0.4) is 0 Å². The molecule has 8 heteroatoms. The summed E-state index contributed by atoms with van der Waals surface area (Å²) in [5, 5.41) is 7.11. The van der Waals surface area contributed by atoms with Crippen LogP contribution in [-0.2, 0) is 13.0 Å². The molecule has 0 aliphatic carbocycles. The Morgan fingerprint density at radius 1 is 1.00 bits per heavy atom. The zero-order valence-electron chi connectivity index (χ0n) is 17.9. The first-order valence-electron chi connectivity index (χ1n) is 9.78. The van der Waals surface area contributed by atoms with Crippen molar-refractivity contribution >= 4 is 41.5 Å². The summed E-state index contributed by atoms with van der Waals surface area (Å²) in [6.07, 6.45) is 4.36. The van der Waals surface area contributed by atoms with Crippen molar-refractivity contribution in [1.29, 1.82) is 0 Å². The fourth-order valence-electron chi connectivity index (χ4n) is 2.80. The second-order valence-corrected chi connectivity index (χ2v) is 7.33. The lowest BCUT2D eigenvalue weighted by Crippen LogP contribution is -2.37. The molecule has 164 valence electrons. The molecule has 0 aliphatic heterocycles. The molecule has 1 aromatic carbocycles. The summed E-state index contributed by atoms with van der Waals surface area (Å²) in [5.41, 5.74) is 4.59. The van der Waals surface area contributed by atoms with Gasteiger partial charge in [-0.1, -0.05) is 23.7 Å². The molecular formula is C23H27ClIN5O. The summed E-state index contributed by atoms with van der Waals surface area (Å²) in [7, 11) is 1.75. The number of nitrogens with zero attached hydrogens (tertiary/aromatic N) is 3. The van der Waals surface area contributed by atoms with Gasteiger partial charge in [-0.2, -0.15) is 0 Å². The van der Waals surface area contributed by atoms with Gasteiger partial charge in [0.15, 0.2) is 5.96 Å². The summed E-state index contributed by atoms with van der Waals surface area (Å²) in [5.74, 6) is 2.07. The zero-order chi connectivity index (χ0) is 21.3. The Bertz CT molecular complexity index is 1010. The molecule has 0 bridgehead atoms. The van der Waals surface area contributed by atoms with Gasteiger partial charge in [0.25, 0.3) is 0 Å². The van der Waals surface area contributed by atoms with Gasteiger partial charge in [-0.05, 0) is 66.8 Å². The van der Waals surface area contributed by atoms with E-state index >= 15 is 0 Å². The lowest BCUT2D eigenvalue weighted by Gasteiger charge is -2.13. The number of guanidine groups is 1. The highest BCUT2D eigenvalue weighted by molar-refractivity contribution is 14.0. The number of benzene rings is 1. The van der Waals surface area contributed by atoms with E-state index in [4.69, 9.17) is 16.3 Å². The Kier molecular flexibility index (Phi) is 10.00. The Morgan fingerprint density at radius 3 is 2.55 bits per heavy atom. The van der Waals surface area contributed by atoms with Crippen LogP contribution in [0.4, 0.5) is 0 Å². The number of hydrogen-bond acceptors (Lipinski definition) is 4. The number of nitrogens with one attached hydrogen (secondary N) is 2. The first-order chi connectivity index (χ1) is 14.5. The van der Waals surface area contributed by atoms with Gasteiger partial charge in [0, 0.05) is 38.6 Å². The van der Waals surface area contributed by atoms with Gasteiger partial charge in [0.05, 0.1) is 0 Å². The highest BCUT2D eigenvalue weighted by Gasteiger charge is 2.04. The fourth-order valence-corrected chi connectivity index (χ4v) is 2.91. The van der Waals surface area contributed by atoms with Crippen LogP contribution in [0.2, 0.25) is 5.15 Å². The minimum absolute atomic E-state index is 0. The molecule has 2 aromatic heterocycles. The molecule has 0 atom stereocenters. The van der Waals surface area contributed by atoms with Crippen molar-refractivity contribution in [2.75, 3.05) is 13.6 Å². The number of halogens is 2. The van der Waals surface area contributed by atoms with E-state index in [9.17, 15) is 0 Å². The van der Waals surface area contributed by atoms with E-state index in [1.165, 1.54) is 11.1 Å². The van der Waals surface area contributed by atoms with Gasteiger partial charge in [0.1, 0.15) is 10.9 Å². The fraction of sp³-hybridized carbons (Fsp3) is 0.261. The van der Waals surface area contributed by atoms with E-state index in [2.05, 4.69) is 39.4 Å². The van der Waals surface area contributed by atoms with E-state index in [-0.39, 0.29) is 24.0 Å². The molecule has 0 amide bonds. The van der Waals surface area contributed by atoms with Crippen LogP contribution in [0.1, 0.15) is 22.3 Å². The average Bonchev–Trinajstić information content (AvgIpc) is 2.75. The maximum Gasteiger partial charge on any atom is 0.219 e. The van der Waals surface area contributed by atoms with Crippen molar-refractivity contribution in [2.24, 2.45) is 4.99 Å². The van der Waals surface area contributed by atoms with E-state index in [1.807, 2.05) is 36.4 Å². The minimum Gasteiger partial charge on any atom is -0.439 e. The molecule has 0 fully saturated rings. The number of aryl methyl sites for hydroxylation is 2. The Balaban J connectivity index is 0.00000341. The molecule has 31 heavy (non-hydrogen) atoms. The van der Waals surface area contributed by atoms with E-state index in [0.717, 1.165) is 35.8 Å². The van der Waals surface area contributed by atoms with Gasteiger partial charge >= 0.3 is 0 Å². The summed E-state index contributed by atoms with van der Waals surface area (Å²) in [4.78, 5) is 12.7. The summed E-state index contributed by atoms with van der Waals surface area (Å²) < 4.78 is 5.91. The molecule has 0 unspecified atom stereocenters.